The van der Waals surface area contributed by atoms with E-state index in [4.69, 9.17) is 15.0 Å². The number of anilines is 2. The van der Waals surface area contributed by atoms with Crippen LogP contribution in [0.1, 0.15) is 5.56 Å². The van der Waals surface area contributed by atoms with Gasteiger partial charge in [0.2, 0.25) is 0 Å². The molecule has 0 spiro atoms. The number of fused-ring (bicyclic) bond motifs is 1. The Labute approximate surface area is 216 Å². The lowest BCUT2D eigenvalue weighted by atomic mass is 10.0. The smallest absolute Gasteiger partial charge is 0.164 e. The van der Waals surface area contributed by atoms with Gasteiger partial charge >= 0.3 is 0 Å². The van der Waals surface area contributed by atoms with E-state index in [1.807, 2.05) is 91.0 Å². The van der Waals surface area contributed by atoms with Gasteiger partial charge < -0.3 is 4.90 Å². The van der Waals surface area contributed by atoms with Gasteiger partial charge in [-0.2, -0.15) is 0 Å². The largest absolute Gasteiger partial charge is 0.317 e. The number of hydrogen-bond donors (Lipinski definition) is 0. The first-order valence-electron chi connectivity index (χ1n) is 12.2. The van der Waals surface area contributed by atoms with E-state index in [-0.39, 0.29) is 0 Å². The molecule has 0 aliphatic carbocycles. The summed E-state index contributed by atoms with van der Waals surface area (Å²) in [5, 5.41) is 0. The monoisotopic (exact) mass is 476 g/mol. The molecule has 37 heavy (non-hydrogen) atoms. The van der Waals surface area contributed by atoms with Crippen LogP contribution in [0.15, 0.2) is 140 Å². The van der Waals surface area contributed by atoms with Gasteiger partial charge in [0.15, 0.2) is 17.5 Å². The van der Waals surface area contributed by atoms with Crippen LogP contribution in [0.2, 0.25) is 0 Å². The molecule has 0 atom stereocenters. The summed E-state index contributed by atoms with van der Waals surface area (Å²) < 4.78 is 0. The highest BCUT2D eigenvalue weighted by molar-refractivity contribution is 5.85. The van der Waals surface area contributed by atoms with Crippen molar-refractivity contribution in [2.75, 3.05) is 4.90 Å². The Morgan fingerprint density at radius 3 is 1.62 bits per heavy atom. The summed E-state index contributed by atoms with van der Waals surface area (Å²) in [6.45, 7) is 4.24. The zero-order valence-electron chi connectivity index (χ0n) is 20.2. The topological polar surface area (TPSA) is 41.9 Å². The quantitative estimate of drug-likeness (QED) is 0.263. The predicted molar refractivity (Wildman–Crippen MR) is 152 cm³/mol. The minimum atomic E-state index is 0.638. The molecule has 1 aliphatic rings. The second kappa shape index (κ2) is 9.88. The zero-order valence-corrected chi connectivity index (χ0v) is 20.2. The number of hydrogen-bond acceptors (Lipinski definition) is 4. The first-order chi connectivity index (χ1) is 18.3. The molecule has 0 bridgehead atoms. The average molecular weight is 477 g/mol. The van der Waals surface area contributed by atoms with Crippen LogP contribution in [0.4, 0.5) is 11.4 Å². The standard InChI is InChI=1S/C33H24N4/c1-24-12-10-11-23-37(30-18-9-8-17-29(24)30)28-21-19-27(20-22-28)33-35-31(25-13-4-2-5-14-25)34-32(36-33)26-15-6-3-7-16-26/h2-23H,1H2/b12-10-,23-11-. The number of allylic oxidation sites excluding steroid dienone is 4. The molecule has 4 heteroatoms. The van der Waals surface area contributed by atoms with Crippen LogP contribution in [-0.4, -0.2) is 15.0 Å². The first-order valence-corrected chi connectivity index (χ1v) is 12.2. The fraction of sp³-hybridized carbons (Fsp3) is 0. The summed E-state index contributed by atoms with van der Waals surface area (Å²) in [4.78, 5) is 16.6. The van der Waals surface area contributed by atoms with E-state index in [9.17, 15) is 0 Å². The summed E-state index contributed by atoms with van der Waals surface area (Å²) >= 11 is 0. The molecular formula is C33H24N4. The fourth-order valence-electron chi connectivity index (χ4n) is 4.37. The second-order valence-corrected chi connectivity index (χ2v) is 8.70. The number of para-hydroxylation sites is 1. The molecule has 176 valence electrons. The van der Waals surface area contributed by atoms with E-state index in [0.29, 0.717) is 17.5 Å². The molecule has 0 amide bonds. The van der Waals surface area contributed by atoms with E-state index >= 15 is 0 Å². The van der Waals surface area contributed by atoms with Crippen LogP contribution in [0.5, 0.6) is 0 Å². The summed E-state index contributed by atoms with van der Waals surface area (Å²) in [7, 11) is 0. The molecule has 4 aromatic carbocycles. The number of benzene rings is 4. The Kier molecular flexibility index (Phi) is 5.97. The number of rotatable bonds is 4. The molecule has 6 rings (SSSR count). The third kappa shape index (κ3) is 4.60. The van der Waals surface area contributed by atoms with Crippen LogP contribution < -0.4 is 4.90 Å². The molecule has 1 aromatic heterocycles. The van der Waals surface area contributed by atoms with Crippen molar-refractivity contribution < 1.29 is 0 Å². The second-order valence-electron chi connectivity index (χ2n) is 8.70. The molecular weight excluding hydrogens is 452 g/mol. The predicted octanol–water partition coefficient (Wildman–Crippen LogP) is 8.11. The Bertz CT molecular complexity index is 1560. The van der Waals surface area contributed by atoms with Gasteiger partial charge in [0.25, 0.3) is 0 Å². The van der Waals surface area contributed by atoms with Crippen molar-refractivity contribution in [2.24, 2.45) is 0 Å². The molecule has 1 aliphatic heterocycles. The molecule has 4 nitrogen and oxygen atoms in total. The van der Waals surface area contributed by atoms with Crippen molar-refractivity contribution in [3.05, 3.63) is 146 Å². The summed E-state index contributed by atoms with van der Waals surface area (Å²) in [6, 6.07) is 36.7. The van der Waals surface area contributed by atoms with Crippen molar-refractivity contribution >= 4 is 16.9 Å². The maximum absolute atomic E-state index is 4.84. The molecule has 0 unspecified atom stereocenters. The van der Waals surface area contributed by atoms with Crippen LogP contribution in [0, 0.1) is 0 Å². The first kappa shape index (κ1) is 22.4. The number of aromatic nitrogens is 3. The lowest BCUT2D eigenvalue weighted by Gasteiger charge is -2.25. The normalized spacial score (nSPS) is 14.4. The molecule has 2 heterocycles. The summed E-state index contributed by atoms with van der Waals surface area (Å²) in [6.07, 6.45) is 8.14. The van der Waals surface area contributed by atoms with Gasteiger partial charge in [0.1, 0.15) is 0 Å². The molecule has 0 saturated carbocycles. The van der Waals surface area contributed by atoms with Crippen LogP contribution in [-0.2, 0) is 0 Å². The van der Waals surface area contributed by atoms with Crippen LogP contribution >= 0.6 is 0 Å². The molecule has 0 N–H and O–H groups in total. The fourth-order valence-corrected chi connectivity index (χ4v) is 4.37. The minimum Gasteiger partial charge on any atom is -0.317 e. The van der Waals surface area contributed by atoms with Crippen LogP contribution in [0.25, 0.3) is 39.7 Å². The van der Waals surface area contributed by atoms with Gasteiger partial charge in [-0.15, -0.1) is 0 Å². The number of nitrogens with zero attached hydrogens (tertiary/aromatic N) is 4. The average Bonchev–Trinajstić information content (AvgIpc) is 2.97. The van der Waals surface area contributed by atoms with Gasteiger partial charge in [0.05, 0.1) is 5.69 Å². The Balaban J connectivity index is 1.42. The van der Waals surface area contributed by atoms with Crippen molar-refractivity contribution in [2.45, 2.75) is 0 Å². The SMILES string of the molecule is C=C1/C=C\C=C/N(c2ccc(-c3nc(-c4ccccc4)nc(-c4ccccc4)n3)cc2)c2ccccc21. The van der Waals surface area contributed by atoms with Gasteiger partial charge in [-0.3, -0.25) is 0 Å². The van der Waals surface area contributed by atoms with Crippen molar-refractivity contribution in [1.82, 2.24) is 15.0 Å². The highest BCUT2D eigenvalue weighted by Crippen LogP contribution is 2.35. The summed E-state index contributed by atoms with van der Waals surface area (Å²) in [5.41, 5.74) is 7.04. The molecule has 0 saturated heterocycles. The van der Waals surface area contributed by atoms with Gasteiger partial charge in [0, 0.05) is 34.1 Å². The Morgan fingerprint density at radius 2 is 1.03 bits per heavy atom. The van der Waals surface area contributed by atoms with Crippen LogP contribution in [0.3, 0.4) is 0 Å². The van der Waals surface area contributed by atoms with E-state index < -0.39 is 0 Å². The lowest BCUT2D eigenvalue weighted by Crippen LogP contribution is -2.11. The van der Waals surface area contributed by atoms with E-state index in [2.05, 4.69) is 54.1 Å². The highest BCUT2D eigenvalue weighted by atomic mass is 15.1. The van der Waals surface area contributed by atoms with Crippen molar-refractivity contribution in [3.63, 3.8) is 0 Å². The van der Waals surface area contributed by atoms with Gasteiger partial charge in [-0.05, 0) is 42.0 Å². The minimum absolute atomic E-state index is 0.638. The maximum Gasteiger partial charge on any atom is 0.164 e. The van der Waals surface area contributed by atoms with E-state index in [1.54, 1.807) is 0 Å². The van der Waals surface area contributed by atoms with Crippen molar-refractivity contribution in [1.29, 1.82) is 0 Å². The third-order valence-corrected chi connectivity index (χ3v) is 6.26. The molecule has 5 aromatic rings. The third-order valence-electron chi connectivity index (χ3n) is 6.26. The van der Waals surface area contributed by atoms with E-state index in [1.165, 1.54) is 0 Å². The molecule has 0 fully saturated rings. The molecule has 0 radical (unpaired) electrons. The Hall–Kier alpha value is -5.09. The summed E-state index contributed by atoms with van der Waals surface area (Å²) in [5.74, 6) is 1.94. The van der Waals surface area contributed by atoms with E-state index in [0.717, 1.165) is 39.2 Å². The van der Waals surface area contributed by atoms with Gasteiger partial charge in [-0.25, -0.2) is 15.0 Å². The lowest BCUT2D eigenvalue weighted by molar-refractivity contribution is 1.07. The van der Waals surface area contributed by atoms with Gasteiger partial charge in [-0.1, -0.05) is 97.6 Å². The Morgan fingerprint density at radius 1 is 0.514 bits per heavy atom. The zero-order chi connectivity index (χ0) is 25.0. The highest BCUT2D eigenvalue weighted by Gasteiger charge is 2.15. The van der Waals surface area contributed by atoms with Crippen molar-refractivity contribution in [3.8, 4) is 34.2 Å². The maximum atomic E-state index is 4.84.